The number of pyridine rings is 1. The number of anilines is 1. The SMILES string of the molecule is CCCNC(=O)NCCCCn1c(-c2ccccc2)nc2c(N)nc3ccccc3c21. The van der Waals surface area contributed by atoms with Gasteiger partial charge in [-0.05, 0) is 25.3 Å². The number of carbonyl (C=O) groups is 1. The molecule has 0 saturated carbocycles. The summed E-state index contributed by atoms with van der Waals surface area (Å²) in [5, 5.41) is 6.79. The van der Waals surface area contributed by atoms with Crippen molar-refractivity contribution in [3.63, 3.8) is 0 Å². The van der Waals surface area contributed by atoms with Crippen LogP contribution in [0.25, 0.3) is 33.3 Å². The number of fused-ring (bicyclic) bond motifs is 3. The summed E-state index contributed by atoms with van der Waals surface area (Å²) < 4.78 is 2.24. The molecule has 0 unspecified atom stereocenters. The molecule has 0 saturated heterocycles. The van der Waals surface area contributed by atoms with Gasteiger partial charge in [0.1, 0.15) is 11.3 Å². The number of urea groups is 1. The minimum Gasteiger partial charge on any atom is -0.382 e. The van der Waals surface area contributed by atoms with E-state index in [1.54, 1.807) is 0 Å². The third-order valence-electron chi connectivity index (χ3n) is 5.27. The van der Waals surface area contributed by atoms with Gasteiger partial charge in [0.05, 0.1) is 11.0 Å². The number of para-hydroxylation sites is 1. The number of unbranched alkanes of at least 4 members (excludes halogenated alkanes) is 1. The number of nitrogens with two attached hydrogens (primary N) is 1. The molecule has 0 aliphatic heterocycles. The minimum atomic E-state index is -0.107. The van der Waals surface area contributed by atoms with Crippen LogP contribution in [-0.2, 0) is 6.54 Å². The van der Waals surface area contributed by atoms with Crippen LogP contribution in [0.3, 0.4) is 0 Å². The van der Waals surface area contributed by atoms with Crippen molar-refractivity contribution in [3.05, 3.63) is 54.6 Å². The lowest BCUT2D eigenvalue weighted by Gasteiger charge is -2.12. The summed E-state index contributed by atoms with van der Waals surface area (Å²) >= 11 is 0. The van der Waals surface area contributed by atoms with Crippen LogP contribution < -0.4 is 16.4 Å². The number of nitrogen functional groups attached to an aromatic ring is 1. The lowest BCUT2D eigenvalue weighted by Crippen LogP contribution is -2.36. The zero-order valence-electron chi connectivity index (χ0n) is 17.8. The molecule has 0 atom stereocenters. The minimum absolute atomic E-state index is 0.107. The Bertz CT molecular complexity index is 1190. The topological polar surface area (TPSA) is 97.9 Å². The monoisotopic (exact) mass is 416 g/mol. The van der Waals surface area contributed by atoms with Crippen LogP contribution in [0.2, 0.25) is 0 Å². The molecule has 2 aromatic heterocycles. The molecular weight excluding hydrogens is 388 g/mol. The van der Waals surface area contributed by atoms with Gasteiger partial charge in [-0.15, -0.1) is 0 Å². The largest absolute Gasteiger partial charge is 0.382 e. The summed E-state index contributed by atoms with van der Waals surface area (Å²) in [7, 11) is 0. The molecule has 0 bridgehead atoms. The standard InChI is InChI=1S/C24H28N6O/c1-2-14-26-24(31)27-15-8-9-16-30-21-18-12-6-7-13-19(18)28-22(25)20(21)29-23(30)17-10-4-3-5-11-17/h3-7,10-13H,2,8-9,14-16H2,1H3,(H2,25,28)(H2,26,27,31). The molecular formula is C24H28N6O. The van der Waals surface area contributed by atoms with Gasteiger partial charge in [-0.2, -0.15) is 0 Å². The summed E-state index contributed by atoms with van der Waals surface area (Å²) in [6, 6.07) is 18.1. The van der Waals surface area contributed by atoms with Gasteiger partial charge in [0, 0.05) is 30.6 Å². The van der Waals surface area contributed by atoms with Crippen LogP contribution in [0.15, 0.2) is 54.6 Å². The first kappa shape index (κ1) is 20.7. The Hall–Kier alpha value is -3.61. The van der Waals surface area contributed by atoms with E-state index in [1.165, 1.54) is 0 Å². The number of hydrogen-bond acceptors (Lipinski definition) is 4. The van der Waals surface area contributed by atoms with Gasteiger partial charge in [-0.3, -0.25) is 0 Å². The maximum absolute atomic E-state index is 11.7. The smallest absolute Gasteiger partial charge is 0.314 e. The van der Waals surface area contributed by atoms with Crippen LogP contribution >= 0.6 is 0 Å². The van der Waals surface area contributed by atoms with E-state index in [0.717, 1.165) is 59.1 Å². The van der Waals surface area contributed by atoms with E-state index in [4.69, 9.17) is 10.7 Å². The fourth-order valence-electron chi connectivity index (χ4n) is 3.78. The fraction of sp³-hybridized carbons (Fsp3) is 0.292. The zero-order valence-corrected chi connectivity index (χ0v) is 17.8. The molecule has 7 heteroatoms. The number of carbonyl (C=O) groups excluding carboxylic acids is 1. The van der Waals surface area contributed by atoms with Crippen LogP contribution in [0.4, 0.5) is 10.6 Å². The van der Waals surface area contributed by atoms with Gasteiger partial charge in [0.25, 0.3) is 0 Å². The molecule has 4 N–H and O–H groups in total. The van der Waals surface area contributed by atoms with E-state index >= 15 is 0 Å². The molecule has 0 aliphatic rings. The highest BCUT2D eigenvalue weighted by Gasteiger charge is 2.18. The molecule has 0 aliphatic carbocycles. The van der Waals surface area contributed by atoms with Gasteiger partial charge in [0.2, 0.25) is 0 Å². The zero-order chi connectivity index (χ0) is 21.6. The number of imidazole rings is 1. The molecule has 160 valence electrons. The molecule has 2 amide bonds. The number of benzene rings is 2. The highest BCUT2D eigenvalue weighted by molar-refractivity contribution is 6.07. The second-order valence-electron chi connectivity index (χ2n) is 7.55. The van der Waals surface area contributed by atoms with E-state index in [9.17, 15) is 4.79 Å². The number of aryl methyl sites for hydroxylation is 1. The van der Waals surface area contributed by atoms with Crippen molar-refractivity contribution in [2.24, 2.45) is 0 Å². The molecule has 0 radical (unpaired) electrons. The fourth-order valence-corrected chi connectivity index (χ4v) is 3.78. The van der Waals surface area contributed by atoms with Gasteiger partial charge >= 0.3 is 6.03 Å². The number of nitrogens with zero attached hydrogens (tertiary/aromatic N) is 3. The Morgan fingerprint density at radius 2 is 1.71 bits per heavy atom. The normalized spacial score (nSPS) is 11.1. The molecule has 0 spiro atoms. The van der Waals surface area contributed by atoms with Crippen LogP contribution in [-0.4, -0.2) is 33.7 Å². The maximum Gasteiger partial charge on any atom is 0.314 e. The summed E-state index contributed by atoms with van der Waals surface area (Å²) in [6.45, 7) is 4.13. The average Bonchev–Trinajstić information content (AvgIpc) is 3.18. The van der Waals surface area contributed by atoms with E-state index in [1.807, 2.05) is 43.3 Å². The van der Waals surface area contributed by atoms with E-state index in [0.29, 0.717) is 18.9 Å². The summed E-state index contributed by atoms with van der Waals surface area (Å²) in [5.41, 5.74) is 9.94. The van der Waals surface area contributed by atoms with Crippen molar-refractivity contribution in [1.29, 1.82) is 0 Å². The number of aromatic nitrogens is 3. The summed E-state index contributed by atoms with van der Waals surface area (Å²) in [4.78, 5) is 21.2. The number of amides is 2. The van der Waals surface area contributed by atoms with Crippen LogP contribution in [0.1, 0.15) is 26.2 Å². The predicted molar refractivity (Wildman–Crippen MR) is 126 cm³/mol. The molecule has 7 nitrogen and oxygen atoms in total. The number of nitrogens with one attached hydrogen (secondary N) is 2. The van der Waals surface area contributed by atoms with Crippen molar-refractivity contribution in [2.45, 2.75) is 32.7 Å². The second kappa shape index (κ2) is 9.47. The summed E-state index contributed by atoms with van der Waals surface area (Å²) in [6.07, 6.45) is 2.69. The molecule has 4 aromatic rings. The van der Waals surface area contributed by atoms with Crippen molar-refractivity contribution in [3.8, 4) is 11.4 Å². The van der Waals surface area contributed by atoms with Crippen molar-refractivity contribution in [2.75, 3.05) is 18.8 Å². The van der Waals surface area contributed by atoms with Crippen LogP contribution in [0.5, 0.6) is 0 Å². The van der Waals surface area contributed by atoms with Crippen molar-refractivity contribution in [1.82, 2.24) is 25.2 Å². The van der Waals surface area contributed by atoms with Crippen molar-refractivity contribution < 1.29 is 4.79 Å². The van der Waals surface area contributed by atoms with Crippen molar-refractivity contribution >= 4 is 33.8 Å². The van der Waals surface area contributed by atoms with Gasteiger partial charge in [-0.25, -0.2) is 14.8 Å². The first-order chi connectivity index (χ1) is 15.2. The molecule has 2 aromatic carbocycles. The Kier molecular flexibility index (Phi) is 6.31. The molecule has 31 heavy (non-hydrogen) atoms. The third kappa shape index (κ3) is 4.45. The Morgan fingerprint density at radius 1 is 0.968 bits per heavy atom. The first-order valence-electron chi connectivity index (χ1n) is 10.8. The molecule has 0 fully saturated rings. The van der Waals surface area contributed by atoms with E-state index in [2.05, 4.69) is 38.4 Å². The average molecular weight is 417 g/mol. The number of hydrogen-bond donors (Lipinski definition) is 3. The number of rotatable bonds is 8. The lowest BCUT2D eigenvalue weighted by molar-refractivity contribution is 0.240. The van der Waals surface area contributed by atoms with Gasteiger partial charge in [-0.1, -0.05) is 55.5 Å². The van der Waals surface area contributed by atoms with Gasteiger partial charge in [0.15, 0.2) is 5.82 Å². The summed E-state index contributed by atoms with van der Waals surface area (Å²) in [5.74, 6) is 1.33. The quantitative estimate of drug-likeness (QED) is 0.373. The first-order valence-corrected chi connectivity index (χ1v) is 10.8. The maximum atomic E-state index is 11.7. The molecule has 4 rings (SSSR count). The Morgan fingerprint density at radius 3 is 2.52 bits per heavy atom. The molecule has 2 heterocycles. The highest BCUT2D eigenvalue weighted by Crippen LogP contribution is 2.32. The lowest BCUT2D eigenvalue weighted by atomic mass is 10.1. The Labute approximate surface area is 181 Å². The third-order valence-corrected chi connectivity index (χ3v) is 5.27. The van der Waals surface area contributed by atoms with E-state index in [-0.39, 0.29) is 6.03 Å². The van der Waals surface area contributed by atoms with Crippen LogP contribution in [0, 0.1) is 0 Å². The highest BCUT2D eigenvalue weighted by atomic mass is 16.2. The Balaban J connectivity index is 1.63. The van der Waals surface area contributed by atoms with Gasteiger partial charge < -0.3 is 20.9 Å². The van der Waals surface area contributed by atoms with E-state index < -0.39 is 0 Å². The predicted octanol–water partition coefficient (Wildman–Crippen LogP) is 4.32. The second-order valence-corrected chi connectivity index (χ2v) is 7.55.